The van der Waals surface area contributed by atoms with Crippen molar-refractivity contribution >= 4 is 17.0 Å². The number of nitrogen functional groups attached to an aromatic ring is 1. The van der Waals surface area contributed by atoms with E-state index in [1.807, 2.05) is 25.1 Å². The first-order valence-corrected chi connectivity index (χ1v) is 6.18. The molecule has 0 radical (unpaired) electrons. The molecular formula is C15H14FN3O. The zero-order valence-electron chi connectivity index (χ0n) is 11.2. The summed E-state index contributed by atoms with van der Waals surface area (Å²) in [4.78, 5) is 4.29. The molecule has 1 aromatic heterocycles. The zero-order valence-corrected chi connectivity index (χ0v) is 11.2. The predicted molar refractivity (Wildman–Crippen MR) is 76.7 cm³/mol. The average molecular weight is 271 g/mol. The summed E-state index contributed by atoms with van der Waals surface area (Å²) in [7, 11) is 1.43. The molecule has 0 bridgehead atoms. The molecule has 1 heterocycles. The van der Waals surface area contributed by atoms with Gasteiger partial charge in [0.1, 0.15) is 0 Å². The van der Waals surface area contributed by atoms with Gasteiger partial charge in [-0.3, -0.25) is 4.57 Å². The predicted octanol–water partition coefficient (Wildman–Crippen LogP) is 3.06. The van der Waals surface area contributed by atoms with E-state index < -0.39 is 5.82 Å². The van der Waals surface area contributed by atoms with Gasteiger partial charge in [0.05, 0.1) is 23.8 Å². The fourth-order valence-corrected chi connectivity index (χ4v) is 2.27. The highest BCUT2D eigenvalue weighted by Gasteiger charge is 2.12. The molecular weight excluding hydrogens is 257 g/mol. The molecule has 0 atom stereocenters. The number of benzene rings is 2. The molecule has 0 aliphatic heterocycles. The van der Waals surface area contributed by atoms with Crippen molar-refractivity contribution in [3.05, 3.63) is 47.8 Å². The van der Waals surface area contributed by atoms with Gasteiger partial charge >= 0.3 is 0 Å². The molecule has 102 valence electrons. The second-order valence-electron chi connectivity index (χ2n) is 4.62. The molecule has 0 amide bonds. The molecule has 2 N–H and O–H groups in total. The summed E-state index contributed by atoms with van der Waals surface area (Å²) >= 11 is 0. The zero-order chi connectivity index (χ0) is 14.3. The molecule has 0 aliphatic carbocycles. The normalized spacial score (nSPS) is 10.9. The quantitative estimate of drug-likeness (QED) is 0.779. The summed E-state index contributed by atoms with van der Waals surface area (Å²) in [6, 6.07) is 10.6. The number of aryl methyl sites for hydroxylation is 1. The topological polar surface area (TPSA) is 53.1 Å². The van der Waals surface area contributed by atoms with E-state index in [0.29, 0.717) is 11.6 Å². The Morgan fingerprint density at radius 1 is 1.20 bits per heavy atom. The van der Waals surface area contributed by atoms with E-state index in [-0.39, 0.29) is 5.75 Å². The highest BCUT2D eigenvalue weighted by Crippen LogP contribution is 2.26. The largest absolute Gasteiger partial charge is 0.494 e. The maximum absolute atomic E-state index is 13.9. The van der Waals surface area contributed by atoms with Crippen molar-refractivity contribution in [2.45, 2.75) is 6.92 Å². The first-order valence-electron chi connectivity index (χ1n) is 6.18. The van der Waals surface area contributed by atoms with Crippen LogP contribution >= 0.6 is 0 Å². The molecule has 0 aliphatic rings. The third-order valence-corrected chi connectivity index (χ3v) is 3.23. The number of nitrogens with zero attached hydrogens (tertiary/aromatic N) is 2. The highest BCUT2D eigenvalue weighted by molar-refractivity contribution is 5.81. The van der Waals surface area contributed by atoms with Gasteiger partial charge in [-0.25, -0.2) is 9.37 Å². The Morgan fingerprint density at radius 3 is 2.70 bits per heavy atom. The monoisotopic (exact) mass is 271 g/mol. The van der Waals surface area contributed by atoms with Crippen LogP contribution in [0.3, 0.4) is 0 Å². The summed E-state index contributed by atoms with van der Waals surface area (Å²) in [6.45, 7) is 1.99. The number of hydrogen-bond donors (Lipinski definition) is 1. The molecule has 0 saturated heterocycles. The van der Waals surface area contributed by atoms with Gasteiger partial charge in [0.15, 0.2) is 11.6 Å². The van der Waals surface area contributed by atoms with Gasteiger partial charge < -0.3 is 10.5 Å². The molecule has 0 saturated carbocycles. The minimum absolute atomic E-state index is 0.202. The van der Waals surface area contributed by atoms with Crippen molar-refractivity contribution in [1.82, 2.24) is 9.55 Å². The SMILES string of the molecule is COc1ccc(-n2c(N)nc3ccc(C)cc32)cc1F. The second-order valence-corrected chi connectivity index (χ2v) is 4.62. The van der Waals surface area contributed by atoms with Crippen molar-refractivity contribution < 1.29 is 9.13 Å². The summed E-state index contributed by atoms with van der Waals surface area (Å²) in [5.41, 5.74) is 9.30. The number of anilines is 1. The van der Waals surface area contributed by atoms with Crippen LogP contribution in [0.2, 0.25) is 0 Å². The smallest absolute Gasteiger partial charge is 0.205 e. The van der Waals surface area contributed by atoms with Crippen LogP contribution in [0.1, 0.15) is 5.56 Å². The first-order chi connectivity index (χ1) is 9.60. The Balaban J connectivity index is 2.26. The van der Waals surface area contributed by atoms with Crippen LogP contribution in [0.4, 0.5) is 10.3 Å². The van der Waals surface area contributed by atoms with E-state index in [9.17, 15) is 4.39 Å². The number of nitrogens with two attached hydrogens (primary N) is 1. The van der Waals surface area contributed by atoms with Gasteiger partial charge in [-0.2, -0.15) is 0 Å². The maximum Gasteiger partial charge on any atom is 0.205 e. The summed E-state index contributed by atoms with van der Waals surface area (Å²) < 4.78 is 20.5. The van der Waals surface area contributed by atoms with Crippen LogP contribution in [0, 0.1) is 12.7 Å². The van der Waals surface area contributed by atoms with E-state index in [2.05, 4.69) is 4.98 Å². The Morgan fingerprint density at radius 2 is 2.00 bits per heavy atom. The van der Waals surface area contributed by atoms with Crippen LogP contribution in [-0.2, 0) is 0 Å². The van der Waals surface area contributed by atoms with E-state index in [1.165, 1.54) is 13.2 Å². The second kappa shape index (κ2) is 4.52. The minimum atomic E-state index is -0.432. The Hall–Kier alpha value is -2.56. The molecule has 0 spiro atoms. The number of rotatable bonds is 2. The number of halogens is 1. The number of fused-ring (bicyclic) bond motifs is 1. The molecule has 3 aromatic rings. The summed E-state index contributed by atoms with van der Waals surface area (Å²) in [5.74, 6) is 0.0991. The summed E-state index contributed by atoms with van der Waals surface area (Å²) in [5, 5.41) is 0. The molecule has 5 heteroatoms. The van der Waals surface area contributed by atoms with E-state index in [0.717, 1.165) is 16.6 Å². The molecule has 3 rings (SSSR count). The van der Waals surface area contributed by atoms with Crippen LogP contribution in [0.15, 0.2) is 36.4 Å². The highest BCUT2D eigenvalue weighted by atomic mass is 19.1. The third-order valence-electron chi connectivity index (χ3n) is 3.23. The van der Waals surface area contributed by atoms with E-state index in [4.69, 9.17) is 10.5 Å². The Bertz CT molecular complexity index is 795. The molecule has 20 heavy (non-hydrogen) atoms. The van der Waals surface area contributed by atoms with Crippen molar-refractivity contribution in [2.24, 2.45) is 0 Å². The van der Waals surface area contributed by atoms with Gasteiger partial charge in [0, 0.05) is 6.07 Å². The molecule has 0 unspecified atom stereocenters. The number of methoxy groups -OCH3 is 1. The van der Waals surface area contributed by atoms with Gasteiger partial charge in [0.25, 0.3) is 0 Å². The third kappa shape index (κ3) is 1.87. The lowest BCUT2D eigenvalue weighted by Crippen LogP contribution is -2.01. The van der Waals surface area contributed by atoms with Gasteiger partial charge in [-0.05, 0) is 36.8 Å². The minimum Gasteiger partial charge on any atom is -0.494 e. The number of ether oxygens (including phenoxy) is 1. The fourth-order valence-electron chi connectivity index (χ4n) is 2.27. The van der Waals surface area contributed by atoms with Crippen molar-refractivity contribution in [1.29, 1.82) is 0 Å². The van der Waals surface area contributed by atoms with Gasteiger partial charge in [-0.15, -0.1) is 0 Å². The lowest BCUT2D eigenvalue weighted by atomic mass is 10.2. The van der Waals surface area contributed by atoms with Crippen LogP contribution in [0.5, 0.6) is 5.75 Å². The Kier molecular flexibility index (Phi) is 2.82. The fraction of sp³-hybridized carbons (Fsp3) is 0.133. The van der Waals surface area contributed by atoms with Gasteiger partial charge in [-0.1, -0.05) is 6.07 Å². The molecule has 0 fully saturated rings. The number of imidazole rings is 1. The average Bonchev–Trinajstić information content (AvgIpc) is 2.74. The van der Waals surface area contributed by atoms with Crippen molar-refractivity contribution in [2.75, 3.05) is 12.8 Å². The lowest BCUT2D eigenvalue weighted by Gasteiger charge is -2.09. The van der Waals surface area contributed by atoms with Gasteiger partial charge in [0.2, 0.25) is 5.95 Å². The standard InChI is InChI=1S/C15H14FN3O/c1-9-3-5-12-13(7-9)19(15(17)18-12)10-4-6-14(20-2)11(16)8-10/h3-8H,1-2H3,(H2,17,18). The first kappa shape index (κ1) is 12.5. The van der Waals surface area contributed by atoms with Crippen LogP contribution < -0.4 is 10.5 Å². The molecule has 4 nitrogen and oxygen atoms in total. The Labute approximate surface area is 115 Å². The van der Waals surface area contributed by atoms with Crippen LogP contribution in [-0.4, -0.2) is 16.7 Å². The van der Waals surface area contributed by atoms with E-state index >= 15 is 0 Å². The lowest BCUT2D eigenvalue weighted by molar-refractivity contribution is 0.386. The van der Waals surface area contributed by atoms with Crippen LogP contribution in [0.25, 0.3) is 16.7 Å². The van der Waals surface area contributed by atoms with Crippen molar-refractivity contribution in [3.63, 3.8) is 0 Å². The number of aromatic nitrogens is 2. The maximum atomic E-state index is 13.9. The number of hydrogen-bond acceptors (Lipinski definition) is 3. The van der Waals surface area contributed by atoms with E-state index in [1.54, 1.807) is 16.7 Å². The summed E-state index contributed by atoms with van der Waals surface area (Å²) in [6.07, 6.45) is 0. The van der Waals surface area contributed by atoms with Crippen molar-refractivity contribution in [3.8, 4) is 11.4 Å². The molecule has 2 aromatic carbocycles.